The van der Waals surface area contributed by atoms with Crippen LogP contribution in [0.2, 0.25) is 0 Å². The molecule has 0 saturated heterocycles. The standard InChI is InChI=1S/C17H21Cl3O2/c1-2-3-4-8-11-15(22-16(21)17(18,19)20)13-12-14-9-6-5-7-10-14/h5-11,15H,2-4,12-13H2,1H3/b11-8-/t15-/m0/s1. The second-order valence-corrected chi connectivity index (χ2v) is 7.32. The van der Waals surface area contributed by atoms with Crippen molar-refractivity contribution in [2.75, 3.05) is 0 Å². The molecule has 0 aliphatic heterocycles. The lowest BCUT2D eigenvalue weighted by Gasteiger charge is -2.17. The molecule has 0 aliphatic rings. The van der Waals surface area contributed by atoms with Gasteiger partial charge in [0.15, 0.2) is 0 Å². The first-order chi connectivity index (χ1) is 10.4. The first kappa shape index (κ1) is 19.3. The number of aryl methyl sites for hydroxylation is 1. The fraction of sp³-hybridized carbons (Fsp3) is 0.471. The summed E-state index contributed by atoms with van der Waals surface area (Å²) in [6.45, 7) is 2.13. The number of benzene rings is 1. The van der Waals surface area contributed by atoms with Crippen molar-refractivity contribution in [3.63, 3.8) is 0 Å². The lowest BCUT2D eigenvalue weighted by molar-refractivity contribution is -0.146. The van der Waals surface area contributed by atoms with Crippen molar-refractivity contribution in [3.8, 4) is 0 Å². The van der Waals surface area contributed by atoms with Gasteiger partial charge in [0.2, 0.25) is 0 Å². The zero-order chi connectivity index (χ0) is 16.4. The second-order valence-electron chi connectivity index (χ2n) is 5.04. The summed E-state index contributed by atoms with van der Waals surface area (Å²) >= 11 is 16.7. The van der Waals surface area contributed by atoms with Gasteiger partial charge in [0.1, 0.15) is 6.10 Å². The van der Waals surface area contributed by atoms with Crippen molar-refractivity contribution >= 4 is 40.8 Å². The minimum atomic E-state index is -2.04. The number of rotatable bonds is 8. The topological polar surface area (TPSA) is 26.3 Å². The molecule has 5 heteroatoms. The number of hydrogen-bond acceptors (Lipinski definition) is 2. The highest BCUT2D eigenvalue weighted by Crippen LogP contribution is 2.28. The van der Waals surface area contributed by atoms with E-state index in [9.17, 15) is 4.79 Å². The summed E-state index contributed by atoms with van der Waals surface area (Å²) in [5, 5.41) is 0. The molecule has 0 unspecified atom stereocenters. The van der Waals surface area contributed by atoms with Crippen LogP contribution in [0.15, 0.2) is 42.5 Å². The van der Waals surface area contributed by atoms with Gasteiger partial charge in [-0.2, -0.15) is 0 Å². The van der Waals surface area contributed by atoms with Gasteiger partial charge in [0.05, 0.1) is 0 Å². The maximum absolute atomic E-state index is 11.7. The summed E-state index contributed by atoms with van der Waals surface area (Å²) in [7, 11) is 0. The molecule has 0 N–H and O–H groups in total. The Hall–Kier alpha value is -0.700. The number of carbonyl (C=O) groups excluding carboxylic acids is 1. The molecule has 0 aliphatic carbocycles. The highest BCUT2D eigenvalue weighted by molar-refractivity contribution is 6.75. The van der Waals surface area contributed by atoms with Gasteiger partial charge in [0, 0.05) is 0 Å². The van der Waals surface area contributed by atoms with Crippen molar-refractivity contribution in [2.24, 2.45) is 0 Å². The van der Waals surface area contributed by atoms with E-state index in [2.05, 4.69) is 6.92 Å². The molecular weight excluding hydrogens is 343 g/mol. The van der Waals surface area contributed by atoms with Gasteiger partial charge in [0.25, 0.3) is 3.79 Å². The van der Waals surface area contributed by atoms with Gasteiger partial charge in [-0.1, -0.05) is 91.0 Å². The Morgan fingerprint density at radius 2 is 1.95 bits per heavy atom. The van der Waals surface area contributed by atoms with Crippen LogP contribution in [-0.2, 0) is 16.0 Å². The summed E-state index contributed by atoms with van der Waals surface area (Å²) in [4.78, 5) is 11.7. The average Bonchev–Trinajstić information content (AvgIpc) is 2.48. The zero-order valence-electron chi connectivity index (χ0n) is 12.6. The van der Waals surface area contributed by atoms with Gasteiger partial charge < -0.3 is 4.74 Å². The van der Waals surface area contributed by atoms with Crippen molar-refractivity contribution in [1.82, 2.24) is 0 Å². The summed E-state index contributed by atoms with van der Waals surface area (Å²) in [6.07, 6.45) is 8.12. The van der Waals surface area contributed by atoms with Crippen LogP contribution in [0.5, 0.6) is 0 Å². The number of halogens is 3. The number of allylic oxidation sites excluding steroid dienone is 1. The summed E-state index contributed by atoms with van der Waals surface area (Å²) in [5.74, 6) is -0.837. The maximum Gasteiger partial charge on any atom is 0.359 e. The highest BCUT2D eigenvalue weighted by Gasteiger charge is 2.34. The van der Waals surface area contributed by atoms with E-state index in [1.54, 1.807) is 0 Å². The minimum Gasteiger partial charge on any atom is -0.455 e. The van der Waals surface area contributed by atoms with Crippen molar-refractivity contribution < 1.29 is 9.53 Å². The van der Waals surface area contributed by atoms with Crippen LogP contribution in [0, 0.1) is 0 Å². The fourth-order valence-electron chi connectivity index (χ4n) is 1.92. The number of alkyl halides is 3. The van der Waals surface area contributed by atoms with E-state index in [1.807, 2.05) is 42.5 Å². The van der Waals surface area contributed by atoms with E-state index >= 15 is 0 Å². The molecule has 1 atom stereocenters. The molecule has 2 nitrogen and oxygen atoms in total. The molecule has 22 heavy (non-hydrogen) atoms. The minimum absolute atomic E-state index is 0.389. The molecule has 0 fully saturated rings. The molecule has 0 radical (unpaired) electrons. The van der Waals surface area contributed by atoms with E-state index in [0.717, 1.165) is 25.7 Å². The van der Waals surface area contributed by atoms with E-state index in [-0.39, 0.29) is 6.10 Å². The lowest BCUT2D eigenvalue weighted by atomic mass is 10.1. The molecule has 122 valence electrons. The first-order valence-electron chi connectivity index (χ1n) is 7.42. The van der Waals surface area contributed by atoms with E-state index in [0.29, 0.717) is 6.42 Å². The SMILES string of the molecule is CCCC/C=C\[C@@H](CCc1ccccc1)OC(=O)C(Cl)(Cl)Cl. The van der Waals surface area contributed by atoms with E-state index < -0.39 is 9.76 Å². The van der Waals surface area contributed by atoms with Crippen molar-refractivity contribution in [1.29, 1.82) is 0 Å². The van der Waals surface area contributed by atoms with Crippen LogP contribution in [0.4, 0.5) is 0 Å². The van der Waals surface area contributed by atoms with Gasteiger partial charge in [-0.25, -0.2) is 4.79 Å². The Morgan fingerprint density at radius 1 is 1.27 bits per heavy atom. The quantitative estimate of drug-likeness (QED) is 0.258. The first-order valence-corrected chi connectivity index (χ1v) is 8.55. The Bertz CT molecular complexity index is 467. The van der Waals surface area contributed by atoms with Crippen LogP contribution >= 0.6 is 34.8 Å². The highest BCUT2D eigenvalue weighted by atomic mass is 35.6. The third-order valence-electron chi connectivity index (χ3n) is 3.13. The summed E-state index contributed by atoms with van der Waals surface area (Å²) in [6, 6.07) is 10.0. The molecule has 0 heterocycles. The third-order valence-corrected chi connectivity index (χ3v) is 3.59. The molecule has 1 rings (SSSR count). The number of esters is 1. The van der Waals surface area contributed by atoms with E-state index in [1.165, 1.54) is 5.56 Å². The largest absolute Gasteiger partial charge is 0.455 e. The smallest absolute Gasteiger partial charge is 0.359 e. The van der Waals surface area contributed by atoms with E-state index in [4.69, 9.17) is 39.5 Å². The summed E-state index contributed by atoms with van der Waals surface area (Å²) in [5.41, 5.74) is 1.18. The Kier molecular flexibility index (Phi) is 8.92. The average molecular weight is 364 g/mol. The molecular formula is C17H21Cl3O2. The monoisotopic (exact) mass is 362 g/mol. The van der Waals surface area contributed by atoms with Gasteiger partial charge in [-0.3, -0.25) is 0 Å². The summed E-state index contributed by atoms with van der Waals surface area (Å²) < 4.78 is 3.26. The van der Waals surface area contributed by atoms with Crippen LogP contribution in [0.1, 0.15) is 38.2 Å². The Labute approximate surface area is 147 Å². The van der Waals surface area contributed by atoms with Crippen LogP contribution in [-0.4, -0.2) is 15.9 Å². The molecule has 0 spiro atoms. The molecule has 1 aromatic carbocycles. The number of hydrogen-bond donors (Lipinski definition) is 0. The predicted molar refractivity (Wildman–Crippen MR) is 93.6 cm³/mol. The number of unbranched alkanes of at least 4 members (excludes halogenated alkanes) is 2. The number of carbonyl (C=O) groups is 1. The maximum atomic E-state index is 11.7. The molecule has 1 aromatic rings. The predicted octanol–water partition coefficient (Wildman–Crippen LogP) is 5.65. The van der Waals surface area contributed by atoms with Crippen molar-refractivity contribution in [3.05, 3.63) is 48.0 Å². The van der Waals surface area contributed by atoms with Crippen LogP contribution in [0.25, 0.3) is 0 Å². The fourth-order valence-corrected chi connectivity index (χ4v) is 2.06. The third kappa shape index (κ3) is 8.07. The lowest BCUT2D eigenvalue weighted by Crippen LogP contribution is -2.27. The normalized spacial score (nSPS) is 13.3. The number of ether oxygens (including phenoxy) is 1. The van der Waals surface area contributed by atoms with Crippen LogP contribution in [0.3, 0.4) is 0 Å². The molecule has 0 aromatic heterocycles. The van der Waals surface area contributed by atoms with Gasteiger partial charge in [-0.05, 0) is 30.9 Å². The Morgan fingerprint density at radius 3 is 2.55 bits per heavy atom. The molecule has 0 bridgehead atoms. The van der Waals surface area contributed by atoms with Gasteiger partial charge >= 0.3 is 5.97 Å². The zero-order valence-corrected chi connectivity index (χ0v) is 14.9. The molecule has 0 saturated carbocycles. The Balaban J connectivity index is 2.61. The van der Waals surface area contributed by atoms with Crippen molar-refractivity contribution in [2.45, 2.75) is 48.9 Å². The van der Waals surface area contributed by atoms with Gasteiger partial charge in [-0.15, -0.1) is 0 Å². The second kappa shape index (κ2) is 10.1. The molecule has 0 amide bonds. The van der Waals surface area contributed by atoms with Crippen LogP contribution < -0.4 is 0 Å².